The molecule has 1 rings (SSSR count). The number of nitrogens with one attached hydrogen (secondary N) is 1. The Hall–Kier alpha value is -0.690. The van der Waals surface area contributed by atoms with Crippen LogP contribution in [0.25, 0.3) is 0 Å². The van der Waals surface area contributed by atoms with Gasteiger partial charge in [-0.2, -0.15) is 0 Å². The smallest absolute Gasteiger partial charge is 0.238 e. The predicted octanol–water partition coefficient (Wildman–Crippen LogP) is 0.915. The molecular weight excluding hydrogens is 284 g/mol. The summed E-state index contributed by atoms with van der Waals surface area (Å²) in [6.07, 6.45) is 6.46. The number of sulfone groups is 1. The van der Waals surface area contributed by atoms with Crippen molar-refractivity contribution in [1.82, 2.24) is 5.32 Å². The van der Waals surface area contributed by atoms with Gasteiger partial charge < -0.3 is 11.1 Å². The quantitative estimate of drug-likeness (QED) is 0.595. The number of amides is 1. The second-order valence-corrected chi connectivity index (χ2v) is 8.13. The Labute approximate surface area is 120 Å². The molecule has 0 saturated heterocycles. The summed E-state index contributed by atoms with van der Waals surface area (Å²) in [5.41, 5.74) is 5.08. The van der Waals surface area contributed by atoms with Crippen molar-refractivity contribution in [1.29, 1.82) is 0 Å². The minimum atomic E-state index is -3.41. The Morgan fingerprint density at radius 1 is 1.26 bits per heavy atom. The maximum atomic E-state index is 12.1. The van der Waals surface area contributed by atoms with Crippen molar-refractivity contribution >= 4 is 33.0 Å². The molecule has 0 spiro atoms. The van der Waals surface area contributed by atoms with Crippen molar-refractivity contribution in [2.45, 2.75) is 56.2 Å². The molecule has 1 unspecified atom stereocenters. The summed E-state index contributed by atoms with van der Waals surface area (Å²) in [6.45, 7) is 1.38. The van der Waals surface area contributed by atoms with Crippen LogP contribution < -0.4 is 11.1 Å². The molecule has 1 aliphatic carbocycles. The molecule has 3 N–H and O–H groups in total. The van der Waals surface area contributed by atoms with E-state index < -0.39 is 26.5 Å². The molecule has 0 bridgehead atoms. The molecule has 110 valence electrons. The van der Waals surface area contributed by atoms with E-state index >= 15 is 0 Å². The van der Waals surface area contributed by atoms with Crippen LogP contribution in [0, 0.1) is 0 Å². The highest BCUT2D eigenvalue weighted by Crippen LogP contribution is 2.28. The number of hydrogen-bond donors (Lipinski definition) is 2. The average Bonchev–Trinajstić information content (AvgIpc) is 2.53. The number of hydrogen-bond acceptors (Lipinski definition) is 4. The van der Waals surface area contributed by atoms with Crippen molar-refractivity contribution in [3.05, 3.63) is 0 Å². The Kier molecular flexibility index (Phi) is 5.32. The fraction of sp³-hybridized carbons (Fsp3) is 0.833. The first-order valence-corrected chi connectivity index (χ1v) is 8.86. The van der Waals surface area contributed by atoms with E-state index in [2.05, 4.69) is 5.32 Å². The van der Waals surface area contributed by atoms with E-state index in [-0.39, 0.29) is 4.99 Å². The highest BCUT2D eigenvalue weighted by Gasteiger charge is 2.38. The van der Waals surface area contributed by atoms with Gasteiger partial charge in [0.1, 0.15) is 5.25 Å². The van der Waals surface area contributed by atoms with Crippen molar-refractivity contribution in [3.8, 4) is 0 Å². The molecule has 0 aliphatic heterocycles. The summed E-state index contributed by atoms with van der Waals surface area (Å²) in [5, 5.41) is 1.71. The largest absolute Gasteiger partial charge is 0.391 e. The van der Waals surface area contributed by atoms with Crippen LogP contribution in [0.15, 0.2) is 0 Å². The van der Waals surface area contributed by atoms with Crippen molar-refractivity contribution in [3.63, 3.8) is 0 Å². The van der Waals surface area contributed by atoms with Crippen LogP contribution in [-0.2, 0) is 14.6 Å². The molecule has 1 aliphatic rings. The Balaban J connectivity index is 2.90. The van der Waals surface area contributed by atoms with Crippen molar-refractivity contribution in [2.24, 2.45) is 5.73 Å². The van der Waals surface area contributed by atoms with Crippen LogP contribution in [-0.4, -0.2) is 36.4 Å². The first-order chi connectivity index (χ1) is 8.69. The summed E-state index contributed by atoms with van der Waals surface area (Å²) in [4.78, 5) is 12.3. The van der Waals surface area contributed by atoms with E-state index in [1.165, 1.54) is 6.92 Å². The molecule has 1 fully saturated rings. The van der Waals surface area contributed by atoms with Crippen LogP contribution >= 0.6 is 12.2 Å². The minimum Gasteiger partial charge on any atom is -0.391 e. The second kappa shape index (κ2) is 6.17. The van der Waals surface area contributed by atoms with Crippen molar-refractivity contribution in [2.75, 3.05) is 6.26 Å². The van der Waals surface area contributed by atoms with Gasteiger partial charge in [0.25, 0.3) is 0 Å². The lowest BCUT2D eigenvalue weighted by Crippen LogP contribution is -2.58. The number of carbonyl (C=O) groups is 1. The summed E-state index contributed by atoms with van der Waals surface area (Å²) >= 11 is 5.10. The molecule has 1 atom stereocenters. The van der Waals surface area contributed by atoms with Gasteiger partial charge in [-0.25, -0.2) is 8.42 Å². The number of carbonyl (C=O) groups excluding carboxylic acids is 1. The summed E-state index contributed by atoms with van der Waals surface area (Å²) in [5.74, 6) is -0.516. The highest BCUT2D eigenvalue weighted by molar-refractivity contribution is 7.92. The average molecular weight is 306 g/mol. The van der Waals surface area contributed by atoms with Crippen molar-refractivity contribution < 1.29 is 13.2 Å². The van der Waals surface area contributed by atoms with Gasteiger partial charge in [-0.05, 0) is 19.8 Å². The zero-order valence-corrected chi connectivity index (χ0v) is 13.1. The third-order valence-corrected chi connectivity index (χ3v) is 5.69. The number of rotatable bonds is 4. The Morgan fingerprint density at radius 3 is 2.11 bits per heavy atom. The van der Waals surface area contributed by atoms with Gasteiger partial charge in [0.15, 0.2) is 9.84 Å². The monoisotopic (exact) mass is 306 g/mol. The van der Waals surface area contributed by atoms with Gasteiger partial charge in [-0.3, -0.25) is 4.79 Å². The van der Waals surface area contributed by atoms with Gasteiger partial charge >= 0.3 is 0 Å². The molecule has 0 aromatic carbocycles. The van der Waals surface area contributed by atoms with Gasteiger partial charge in [0, 0.05) is 6.26 Å². The van der Waals surface area contributed by atoms with Gasteiger partial charge in [-0.15, -0.1) is 0 Å². The van der Waals surface area contributed by atoms with Gasteiger partial charge in [0.2, 0.25) is 5.91 Å². The molecule has 7 heteroatoms. The Morgan fingerprint density at radius 2 is 1.74 bits per heavy atom. The van der Waals surface area contributed by atoms with E-state index in [0.29, 0.717) is 12.8 Å². The fourth-order valence-corrected chi connectivity index (χ4v) is 3.00. The Bertz CT molecular complexity index is 452. The zero-order valence-electron chi connectivity index (χ0n) is 11.4. The third-order valence-electron chi connectivity index (χ3n) is 3.80. The molecule has 0 radical (unpaired) electrons. The molecule has 1 saturated carbocycles. The minimum absolute atomic E-state index is 0.253. The molecule has 5 nitrogen and oxygen atoms in total. The highest BCUT2D eigenvalue weighted by atomic mass is 32.2. The first-order valence-electron chi connectivity index (χ1n) is 6.50. The molecule has 0 aromatic rings. The van der Waals surface area contributed by atoms with Crippen LogP contribution in [0.3, 0.4) is 0 Å². The SMILES string of the molecule is CC(C(=O)NC1(C(N)=S)CCCCCC1)S(C)(=O)=O. The van der Waals surface area contributed by atoms with E-state index in [4.69, 9.17) is 18.0 Å². The lowest BCUT2D eigenvalue weighted by atomic mass is 9.90. The second-order valence-electron chi connectivity index (χ2n) is 5.32. The van der Waals surface area contributed by atoms with Crippen LogP contribution in [0.4, 0.5) is 0 Å². The standard InChI is InChI=1S/C12H22N2O3S2/c1-9(19(2,16)17)10(15)14-12(11(13)18)7-5-3-4-6-8-12/h9H,3-8H2,1-2H3,(H2,13,18)(H,14,15). The predicted molar refractivity (Wildman–Crippen MR) is 79.7 cm³/mol. The first kappa shape index (κ1) is 16.4. The fourth-order valence-electron chi connectivity index (χ4n) is 2.30. The van der Waals surface area contributed by atoms with E-state index in [1.807, 2.05) is 0 Å². The molecule has 0 heterocycles. The van der Waals surface area contributed by atoms with Gasteiger partial charge in [-0.1, -0.05) is 37.9 Å². The van der Waals surface area contributed by atoms with E-state index in [0.717, 1.165) is 31.9 Å². The summed E-state index contributed by atoms with van der Waals surface area (Å²) in [7, 11) is -3.41. The topological polar surface area (TPSA) is 89.3 Å². The maximum Gasteiger partial charge on any atom is 0.238 e. The van der Waals surface area contributed by atoms with E-state index in [9.17, 15) is 13.2 Å². The lowest BCUT2D eigenvalue weighted by molar-refractivity contribution is -0.121. The molecule has 19 heavy (non-hydrogen) atoms. The molecular formula is C12H22N2O3S2. The van der Waals surface area contributed by atoms with Crippen LogP contribution in [0.2, 0.25) is 0 Å². The van der Waals surface area contributed by atoms with Crippen LogP contribution in [0.1, 0.15) is 45.4 Å². The molecule has 0 aromatic heterocycles. The summed E-state index contributed by atoms with van der Waals surface area (Å²) in [6, 6.07) is 0. The van der Waals surface area contributed by atoms with Gasteiger partial charge in [0.05, 0.1) is 10.5 Å². The zero-order chi connectivity index (χ0) is 14.7. The lowest BCUT2D eigenvalue weighted by Gasteiger charge is -2.33. The third kappa shape index (κ3) is 4.14. The summed E-state index contributed by atoms with van der Waals surface area (Å²) < 4.78 is 22.9. The molecule has 1 amide bonds. The number of thiocarbonyl (C=S) groups is 1. The van der Waals surface area contributed by atoms with E-state index in [1.54, 1.807) is 0 Å². The normalized spacial score (nSPS) is 21.2. The number of nitrogens with two attached hydrogens (primary N) is 1. The maximum absolute atomic E-state index is 12.1. The van der Waals surface area contributed by atoms with Crippen LogP contribution in [0.5, 0.6) is 0 Å².